The Balaban J connectivity index is 1.99. The maximum atomic E-state index is 12.7. The van der Waals surface area contributed by atoms with Crippen LogP contribution in [0.5, 0.6) is 0 Å². The summed E-state index contributed by atoms with van der Waals surface area (Å²) in [5.74, 6) is -1.57. The van der Waals surface area contributed by atoms with Gasteiger partial charge in [-0.05, 0) is 18.2 Å². The molecule has 2 heterocycles. The number of benzene rings is 1. The molecule has 0 bridgehead atoms. The van der Waals surface area contributed by atoms with Crippen LogP contribution in [0.1, 0.15) is 27.6 Å². The number of ether oxygens (including phenoxy) is 2. The van der Waals surface area contributed by atoms with Crippen LogP contribution in [-0.4, -0.2) is 65.2 Å². The van der Waals surface area contributed by atoms with E-state index in [1.807, 2.05) is 0 Å². The Morgan fingerprint density at radius 2 is 1.96 bits per heavy atom. The van der Waals surface area contributed by atoms with Crippen LogP contribution in [0.3, 0.4) is 0 Å². The molecule has 3 rings (SSSR count). The lowest BCUT2D eigenvalue weighted by molar-refractivity contribution is -0.256. The van der Waals surface area contributed by atoms with E-state index in [0.717, 1.165) is 4.90 Å². The van der Waals surface area contributed by atoms with Crippen LogP contribution in [0.4, 0.5) is 0 Å². The molecule has 5 atom stereocenters. The number of rotatable bonds is 3. The third-order valence-corrected chi connectivity index (χ3v) is 4.89. The SMILES string of the molecule is CO[C@@H]1OC(CO)[C@H](C)[C@H](O)C1N1C(=O)c2ccc(Cl)cc2C1=O. The van der Waals surface area contributed by atoms with Gasteiger partial charge in [0.2, 0.25) is 0 Å². The van der Waals surface area contributed by atoms with Gasteiger partial charge >= 0.3 is 0 Å². The van der Waals surface area contributed by atoms with Crippen molar-refractivity contribution in [1.82, 2.24) is 4.90 Å². The maximum Gasteiger partial charge on any atom is 0.262 e. The highest BCUT2D eigenvalue weighted by Gasteiger charge is 2.52. The number of halogens is 1. The molecule has 1 saturated heterocycles. The molecular formula is C16H18ClNO6. The van der Waals surface area contributed by atoms with Crippen LogP contribution >= 0.6 is 11.6 Å². The van der Waals surface area contributed by atoms with E-state index in [0.29, 0.717) is 5.02 Å². The second-order valence-corrected chi connectivity index (χ2v) is 6.41. The van der Waals surface area contributed by atoms with E-state index >= 15 is 0 Å². The number of hydrogen-bond donors (Lipinski definition) is 2. The molecule has 0 aliphatic carbocycles. The van der Waals surface area contributed by atoms with Gasteiger partial charge in [0.05, 0.1) is 29.9 Å². The molecule has 0 radical (unpaired) electrons. The molecule has 1 aromatic carbocycles. The van der Waals surface area contributed by atoms with Crippen molar-refractivity contribution in [3.8, 4) is 0 Å². The second-order valence-electron chi connectivity index (χ2n) is 5.97. The minimum Gasteiger partial charge on any atom is -0.394 e. The summed E-state index contributed by atoms with van der Waals surface area (Å²) in [6, 6.07) is 3.42. The fraction of sp³-hybridized carbons (Fsp3) is 0.500. The standard InChI is InChI=1S/C16H18ClNO6/c1-7-11(6-19)24-16(23-2)12(13(7)20)18-14(21)9-4-3-8(17)5-10(9)15(18)22/h3-5,7,11-13,16,19-20H,6H2,1-2H3/t7-,11?,12?,13-,16+/m0/s1. The van der Waals surface area contributed by atoms with Gasteiger partial charge in [0.1, 0.15) is 6.04 Å². The Bertz CT molecular complexity index is 679. The molecule has 2 unspecified atom stereocenters. The van der Waals surface area contributed by atoms with E-state index in [1.165, 1.54) is 25.3 Å². The van der Waals surface area contributed by atoms with E-state index in [-0.39, 0.29) is 17.7 Å². The number of nitrogens with zero attached hydrogens (tertiary/aromatic N) is 1. The summed E-state index contributed by atoms with van der Waals surface area (Å²) in [6.45, 7) is 1.38. The van der Waals surface area contributed by atoms with E-state index in [4.69, 9.17) is 21.1 Å². The first-order valence-electron chi connectivity index (χ1n) is 7.55. The number of carbonyl (C=O) groups is 2. The minimum absolute atomic E-state index is 0.187. The van der Waals surface area contributed by atoms with E-state index in [1.54, 1.807) is 6.92 Å². The highest BCUT2D eigenvalue weighted by atomic mass is 35.5. The molecule has 130 valence electrons. The Morgan fingerprint density at radius 1 is 1.29 bits per heavy atom. The second kappa shape index (κ2) is 6.42. The first-order chi connectivity index (χ1) is 11.4. The lowest BCUT2D eigenvalue weighted by Crippen LogP contribution is -2.63. The summed E-state index contributed by atoms with van der Waals surface area (Å²) in [5, 5.41) is 20.3. The fourth-order valence-corrected chi connectivity index (χ4v) is 3.42. The summed E-state index contributed by atoms with van der Waals surface area (Å²) >= 11 is 5.91. The van der Waals surface area contributed by atoms with Gasteiger partial charge in [0.25, 0.3) is 11.8 Å². The summed E-state index contributed by atoms with van der Waals surface area (Å²) in [5.41, 5.74) is 0.412. The molecule has 8 heteroatoms. The van der Waals surface area contributed by atoms with Crippen LogP contribution in [0.15, 0.2) is 18.2 Å². The van der Waals surface area contributed by atoms with Gasteiger partial charge in [-0.25, -0.2) is 0 Å². The van der Waals surface area contributed by atoms with Crippen LogP contribution < -0.4 is 0 Å². The monoisotopic (exact) mass is 355 g/mol. The first-order valence-corrected chi connectivity index (χ1v) is 7.93. The number of aliphatic hydroxyl groups excluding tert-OH is 2. The number of aliphatic hydroxyl groups is 2. The zero-order valence-corrected chi connectivity index (χ0v) is 13.9. The van der Waals surface area contributed by atoms with E-state index < -0.39 is 42.3 Å². The Morgan fingerprint density at radius 3 is 2.58 bits per heavy atom. The average molecular weight is 356 g/mol. The van der Waals surface area contributed by atoms with Crippen molar-refractivity contribution in [3.63, 3.8) is 0 Å². The molecule has 2 aliphatic rings. The van der Waals surface area contributed by atoms with Crippen molar-refractivity contribution in [2.75, 3.05) is 13.7 Å². The summed E-state index contributed by atoms with van der Waals surface area (Å²) < 4.78 is 10.8. The fourth-order valence-electron chi connectivity index (χ4n) is 3.25. The zero-order valence-electron chi connectivity index (χ0n) is 13.2. The van der Waals surface area contributed by atoms with Crippen LogP contribution in [0.2, 0.25) is 5.02 Å². The lowest BCUT2D eigenvalue weighted by Gasteiger charge is -2.45. The van der Waals surface area contributed by atoms with Gasteiger partial charge in [-0.1, -0.05) is 18.5 Å². The Labute approximate surface area is 143 Å². The first kappa shape index (κ1) is 17.3. The molecule has 1 fully saturated rings. The van der Waals surface area contributed by atoms with Crippen molar-refractivity contribution >= 4 is 23.4 Å². The minimum atomic E-state index is -1.10. The number of methoxy groups -OCH3 is 1. The van der Waals surface area contributed by atoms with Gasteiger partial charge < -0.3 is 19.7 Å². The molecule has 2 amide bonds. The maximum absolute atomic E-state index is 12.7. The van der Waals surface area contributed by atoms with Crippen molar-refractivity contribution in [3.05, 3.63) is 34.3 Å². The molecule has 0 spiro atoms. The predicted molar refractivity (Wildman–Crippen MR) is 83.7 cm³/mol. The van der Waals surface area contributed by atoms with Gasteiger partial charge in [-0.2, -0.15) is 0 Å². The van der Waals surface area contributed by atoms with Crippen molar-refractivity contribution < 1.29 is 29.3 Å². The van der Waals surface area contributed by atoms with Crippen LogP contribution in [0.25, 0.3) is 0 Å². The van der Waals surface area contributed by atoms with E-state index in [2.05, 4.69) is 0 Å². The molecule has 2 aliphatic heterocycles. The van der Waals surface area contributed by atoms with Gasteiger partial charge in [0.15, 0.2) is 6.29 Å². The zero-order chi connectivity index (χ0) is 17.6. The highest BCUT2D eigenvalue weighted by molar-refractivity contribution is 6.32. The summed E-state index contributed by atoms with van der Waals surface area (Å²) in [4.78, 5) is 26.3. The third kappa shape index (κ3) is 2.53. The molecule has 24 heavy (non-hydrogen) atoms. The molecule has 1 aromatic rings. The number of carbonyl (C=O) groups excluding carboxylic acids is 2. The van der Waals surface area contributed by atoms with Crippen molar-refractivity contribution in [2.24, 2.45) is 5.92 Å². The Kier molecular flexibility index (Phi) is 4.63. The van der Waals surface area contributed by atoms with E-state index in [9.17, 15) is 19.8 Å². The Hall–Kier alpha value is -1.51. The molecule has 7 nitrogen and oxygen atoms in total. The van der Waals surface area contributed by atoms with Crippen LogP contribution in [0, 0.1) is 5.92 Å². The number of hydrogen-bond acceptors (Lipinski definition) is 6. The average Bonchev–Trinajstić information content (AvgIpc) is 2.81. The number of imide groups is 1. The quantitative estimate of drug-likeness (QED) is 0.773. The van der Waals surface area contributed by atoms with Crippen molar-refractivity contribution in [2.45, 2.75) is 31.5 Å². The topological polar surface area (TPSA) is 96.3 Å². The van der Waals surface area contributed by atoms with Crippen LogP contribution in [-0.2, 0) is 9.47 Å². The predicted octanol–water partition coefficient (Wildman–Crippen LogP) is 0.665. The normalized spacial score (nSPS) is 33.0. The largest absolute Gasteiger partial charge is 0.394 e. The van der Waals surface area contributed by atoms with Gasteiger partial charge in [0, 0.05) is 18.1 Å². The summed E-state index contributed by atoms with van der Waals surface area (Å²) in [6.07, 6.45) is -2.78. The highest BCUT2D eigenvalue weighted by Crippen LogP contribution is 2.35. The number of fused-ring (bicyclic) bond motifs is 1. The van der Waals surface area contributed by atoms with Gasteiger partial charge in [-0.15, -0.1) is 0 Å². The molecule has 2 N–H and O–H groups in total. The molecular weight excluding hydrogens is 338 g/mol. The molecule has 0 aromatic heterocycles. The number of amides is 2. The third-order valence-electron chi connectivity index (χ3n) is 4.65. The lowest BCUT2D eigenvalue weighted by atomic mass is 9.88. The van der Waals surface area contributed by atoms with Crippen molar-refractivity contribution in [1.29, 1.82) is 0 Å². The van der Waals surface area contributed by atoms with Gasteiger partial charge in [-0.3, -0.25) is 14.5 Å². The smallest absolute Gasteiger partial charge is 0.262 e. The molecule has 0 saturated carbocycles. The summed E-state index contributed by atoms with van der Waals surface area (Å²) in [7, 11) is 1.35.